The highest BCUT2D eigenvalue weighted by molar-refractivity contribution is 6.10. The van der Waals surface area contributed by atoms with Crippen molar-refractivity contribution in [3.63, 3.8) is 0 Å². The lowest BCUT2D eigenvalue weighted by molar-refractivity contribution is 0.101. The second-order valence-electron chi connectivity index (χ2n) is 6.25. The van der Waals surface area contributed by atoms with Crippen LogP contribution >= 0.6 is 0 Å². The quantitative estimate of drug-likeness (QED) is 0.546. The molecule has 29 heavy (non-hydrogen) atoms. The van der Waals surface area contributed by atoms with Crippen LogP contribution in [0, 0.1) is 0 Å². The number of rotatable bonds is 5. The Morgan fingerprint density at radius 2 is 1.59 bits per heavy atom. The van der Waals surface area contributed by atoms with E-state index >= 15 is 0 Å². The van der Waals surface area contributed by atoms with Gasteiger partial charge in [0.15, 0.2) is 5.69 Å². The molecule has 0 aliphatic carbocycles. The SMILES string of the molecule is COc1cccc(NC(=O)c2nc(C(=O)Nc3ccccc3)c3ccccn23)c1. The van der Waals surface area contributed by atoms with Gasteiger partial charge in [-0.05, 0) is 36.4 Å². The molecule has 0 radical (unpaired) electrons. The Balaban J connectivity index is 1.66. The molecule has 0 aliphatic rings. The molecule has 0 aliphatic heterocycles. The lowest BCUT2D eigenvalue weighted by Crippen LogP contribution is -2.16. The number of nitrogens with zero attached hydrogens (tertiary/aromatic N) is 2. The zero-order valence-electron chi connectivity index (χ0n) is 15.6. The minimum atomic E-state index is -0.432. The minimum absolute atomic E-state index is 0.113. The fourth-order valence-electron chi connectivity index (χ4n) is 2.96. The van der Waals surface area contributed by atoms with Crippen LogP contribution in [0.2, 0.25) is 0 Å². The molecule has 144 valence electrons. The second kappa shape index (κ2) is 7.85. The Morgan fingerprint density at radius 3 is 2.38 bits per heavy atom. The molecular weight excluding hydrogens is 368 g/mol. The van der Waals surface area contributed by atoms with Crippen molar-refractivity contribution in [3.8, 4) is 5.75 Å². The number of pyridine rings is 1. The van der Waals surface area contributed by atoms with Crippen molar-refractivity contribution in [1.29, 1.82) is 0 Å². The summed E-state index contributed by atoms with van der Waals surface area (Å²) in [6.45, 7) is 0. The molecule has 0 bridgehead atoms. The highest BCUT2D eigenvalue weighted by Crippen LogP contribution is 2.19. The standard InChI is InChI=1S/C22H18N4O3/c1-29-17-11-7-10-16(14-17)24-22(28)20-25-19(18-12-5-6-13-26(18)20)21(27)23-15-8-3-2-4-9-15/h2-14H,1H3,(H,23,27)(H,24,28). The Kier molecular flexibility index (Phi) is 4.94. The zero-order chi connectivity index (χ0) is 20.2. The van der Waals surface area contributed by atoms with Crippen LogP contribution in [0.3, 0.4) is 0 Å². The Labute approximate surface area is 167 Å². The summed E-state index contributed by atoms with van der Waals surface area (Å²) < 4.78 is 6.77. The number of carbonyl (C=O) groups excluding carboxylic acids is 2. The molecule has 2 aromatic heterocycles. The Hall–Kier alpha value is -4.13. The third-order valence-electron chi connectivity index (χ3n) is 4.33. The molecule has 0 atom stereocenters. The van der Waals surface area contributed by atoms with E-state index in [0.29, 0.717) is 22.6 Å². The van der Waals surface area contributed by atoms with Crippen LogP contribution in [-0.4, -0.2) is 28.3 Å². The third kappa shape index (κ3) is 3.79. The molecule has 2 amide bonds. The summed E-state index contributed by atoms with van der Waals surface area (Å²) in [6, 6.07) is 21.4. The summed E-state index contributed by atoms with van der Waals surface area (Å²) in [4.78, 5) is 30.0. The predicted octanol–water partition coefficient (Wildman–Crippen LogP) is 3.85. The first-order valence-corrected chi connectivity index (χ1v) is 8.94. The highest BCUT2D eigenvalue weighted by atomic mass is 16.5. The van der Waals surface area contributed by atoms with E-state index in [1.807, 2.05) is 18.2 Å². The topological polar surface area (TPSA) is 84.7 Å². The van der Waals surface area contributed by atoms with Crippen molar-refractivity contribution >= 4 is 28.7 Å². The number of hydrogen-bond acceptors (Lipinski definition) is 4. The van der Waals surface area contributed by atoms with Crippen molar-refractivity contribution in [2.75, 3.05) is 17.7 Å². The van der Waals surface area contributed by atoms with Gasteiger partial charge in [0.05, 0.1) is 12.6 Å². The maximum Gasteiger partial charge on any atom is 0.292 e. The van der Waals surface area contributed by atoms with Crippen molar-refractivity contribution in [1.82, 2.24) is 9.38 Å². The number of hydrogen-bond donors (Lipinski definition) is 2. The number of anilines is 2. The number of imidazole rings is 1. The van der Waals surface area contributed by atoms with Gasteiger partial charge >= 0.3 is 0 Å². The molecule has 2 N–H and O–H groups in total. The normalized spacial score (nSPS) is 10.5. The zero-order valence-corrected chi connectivity index (χ0v) is 15.6. The molecule has 0 saturated heterocycles. The van der Waals surface area contributed by atoms with E-state index in [1.54, 1.807) is 72.3 Å². The fraction of sp³-hybridized carbons (Fsp3) is 0.0455. The summed E-state index contributed by atoms with van der Waals surface area (Å²) in [5.41, 5.74) is 1.93. The van der Waals surface area contributed by atoms with Gasteiger partial charge in [-0.25, -0.2) is 4.98 Å². The molecule has 2 heterocycles. The number of amides is 2. The maximum absolute atomic E-state index is 12.9. The van der Waals surface area contributed by atoms with Crippen LogP contribution in [-0.2, 0) is 0 Å². The fourth-order valence-corrected chi connectivity index (χ4v) is 2.96. The summed E-state index contributed by atoms with van der Waals surface area (Å²) in [5.74, 6) is -0.0844. The molecule has 2 aromatic carbocycles. The lowest BCUT2D eigenvalue weighted by atomic mass is 10.3. The lowest BCUT2D eigenvalue weighted by Gasteiger charge is -2.06. The molecule has 0 unspecified atom stereocenters. The van der Waals surface area contributed by atoms with Gasteiger partial charge in [-0.2, -0.15) is 0 Å². The molecule has 7 nitrogen and oxygen atoms in total. The van der Waals surface area contributed by atoms with Gasteiger partial charge < -0.3 is 15.4 Å². The monoisotopic (exact) mass is 386 g/mol. The van der Waals surface area contributed by atoms with Gasteiger partial charge in [0.2, 0.25) is 5.82 Å². The summed E-state index contributed by atoms with van der Waals surface area (Å²) in [6.07, 6.45) is 1.70. The molecule has 4 rings (SSSR count). The Bertz CT molecular complexity index is 1190. The minimum Gasteiger partial charge on any atom is -0.497 e. The van der Waals surface area contributed by atoms with Crippen LogP contribution in [0.4, 0.5) is 11.4 Å². The summed E-state index contributed by atoms with van der Waals surface area (Å²) in [7, 11) is 1.56. The van der Waals surface area contributed by atoms with Crippen molar-refractivity contribution in [2.45, 2.75) is 0 Å². The number of carbonyl (C=O) groups is 2. The van der Waals surface area contributed by atoms with Gasteiger partial charge in [-0.1, -0.05) is 30.3 Å². The average Bonchev–Trinajstić information content (AvgIpc) is 3.15. The maximum atomic E-state index is 12.9. The van der Waals surface area contributed by atoms with Gasteiger partial charge in [-0.15, -0.1) is 0 Å². The molecular formula is C22H18N4O3. The number of methoxy groups -OCH3 is 1. The van der Waals surface area contributed by atoms with E-state index in [2.05, 4.69) is 15.6 Å². The number of aromatic nitrogens is 2. The summed E-state index contributed by atoms with van der Waals surface area (Å²) >= 11 is 0. The number of benzene rings is 2. The summed E-state index contributed by atoms with van der Waals surface area (Å²) in [5, 5.41) is 5.60. The second-order valence-corrected chi connectivity index (χ2v) is 6.25. The van der Waals surface area contributed by atoms with E-state index in [9.17, 15) is 9.59 Å². The molecule has 7 heteroatoms. The largest absolute Gasteiger partial charge is 0.497 e. The molecule has 0 fully saturated rings. The van der Waals surface area contributed by atoms with Crippen molar-refractivity contribution < 1.29 is 14.3 Å². The van der Waals surface area contributed by atoms with Gasteiger partial charge in [-0.3, -0.25) is 14.0 Å². The molecule has 4 aromatic rings. The molecule has 0 saturated carbocycles. The number of ether oxygens (including phenoxy) is 1. The van der Waals surface area contributed by atoms with Gasteiger partial charge in [0.25, 0.3) is 11.8 Å². The van der Waals surface area contributed by atoms with Crippen LogP contribution in [0.15, 0.2) is 79.0 Å². The van der Waals surface area contributed by atoms with E-state index in [1.165, 1.54) is 0 Å². The van der Waals surface area contributed by atoms with E-state index < -0.39 is 5.91 Å². The van der Waals surface area contributed by atoms with E-state index in [-0.39, 0.29) is 17.4 Å². The van der Waals surface area contributed by atoms with Crippen molar-refractivity contribution in [2.24, 2.45) is 0 Å². The van der Waals surface area contributed by atoms with E-state index in [4.69, 9.17) is 4.74 Å². The van der Waals surface area contributed by atoms with Crippen LogP contribution < -0.4 is 15.4 Å². The van der Waals surface area contributed by atoms with Crippen LogP contribution in [0.1, 0.15) is 21.1 Å². The van der Waals surface area contributed by atoms with Crippen LogP contribution in [0.5, 0.6) is 5.75 Å². The molecule has 0 spiro atoms. The first kappa shape index (κ1) is 18.2. The highest BCUT2D eigenvalue weighted by Gasteiger charge is 2.21. The van der Waals surface area contributed by atoms with Crippen LogP contribution in [0.25, 0.3) is 5.52 Å². The van der Waals surface area contributed by atoms with E-state index in [0.717, 1.165) is 0 Å². The number of nitrogens with one attached hydrogen (secondary N) is 2. The predicted molar refractivity (Wildman–Crippen MR) is 111 cm³/mol. The van der Waals surface area contributed by atoms with Gasteiger partial charge in [0, 0.05) is 23.6 Å². The first-order valence-electron chi connectivity index (χ1n) is 8.94. The smallest absolute Gasteiger partial charge is 0.292 e. The number of fused-ring (bicyclic) bond motifs is 1. The van der Waals surface area contributed by atoms with Gasteiger partial charge in [0.1, 0.15) is 5.75 Å². The third-order valence-corrected chi connectivity index (χ3v) is 4.33. The van der Waals surface area contributed by atoms with Crippen molar-refractivity contribution in [3.05, 3.63) is 90.5 Å². The first-order chi connectivity index (χ1) is 14.2. The average molecular weight is 386 g/mol. The Morgan fingerprint density at radius 1 is 0.862 bits per heavy atom. The number of para-hydroxylation sites is 1.